The largest absolute Gasteiger partial charge is 0.475 e. The fourth-order valence-electron chi connectivity index (χ4n) is 3.12. The number of amides is 1. The molecule has 0 saturated carbocycles. The van der Waals surface area contributed by atoms with Crippen LogP contribution >= 0.6 is 23.2 Å². The van der Waals surface area contributed by atoms with Crippen LogP contribution in [-0.2, 0) is 22.5 Å². The molecule has 0 spiro atoms. The smallest absolute Gasteiger partial charge is 0.371 e. The van der Waals surface area contributed by atoms with Gasteiger partial charge in [0, 0.05) is 39.0 Å². The van der Waals surface area contributed by atoms with Crippen molar-refractivity contribution in [3.63, 3.8) is 0 Å². The number of rotatable bonds is 8. The van der Waals surface area contributed by atoms with Crippen molar-refractivity contribution in [2.75, 3.05) is 26.2 Å². The van der Waals surface area contributed by atoms with E-state index in [0.717, 1.165) is 18.7 Å². The van der Waals surface area contributed by atoms with Crippen LogP contribution in [0.25, 0.3) is 0 Å². The molecule has 2 heterocycles. The first-order valence-corrected chi connectivity index (χ1v) is 10.0. The van der Waals surface area contributed by atoms with Gasteiger partial charge in [-0.05, 0) is 29.8 Å². The molecule has 1 aromatic heterocycles. The van der Waals surface area contributed by atoms with Gasteiger partial charge in [0.1, 0.15) is 5.76 Å². The summed E-state index contributed by atoms with van der Waals surface area (Å²) in [4.78, 5) is 25.1. The Morgan fingerprint density at radius 2 is 2.03 bits per heavy atom. The van der Waals surface area contributed by atoms with E-state index in [2.05, 4.69) is 10.2 Å². The number of hydrogen-bond acceptors (Lipinski definition) is 5. The standard InChI is InChI=1S/C20H22Cl2N2O5/c21-16-4-1-13(9-17(16)22)11-24-7-8-28-15(12-24)10-23-19(25)6-3-14-2-5-18(29-14)20(26)27/h1-2,4-5,9,15H,3,6-8,10-12H2,(H,23,25)(H,26,27)/t15-/m0/s1. The number of hydrogen-bond donors (Lipinski definition) is 2. The van der Waals surface area contributed by atoms with Crippen molar-refractivity contribution in [2.45, 2.75) is 25.5 Å². The molecule has 0 unspecified atom stereocenters. The highest BCUT2D eigenvalue weighted by molar-refractivity contribution is 6.42. The molecular weight excluding hydrogens is 419 g/mol. The maximum Gasteiger partial charge on any atom is 0.371 e. The molecule has 1 aliphatic rings. The first-order chi connectivity index (χ1) is 13.9. The van der Waals surface area contributed by atoms with Crippen LogP contribution in [0.3, 0.4) is 0 Å². The van der Waals surface area contributed by atoms with Crippen molar-refractivity contribution in [3.8, 4) is 0 Å². The first-order valence-electron chi connectivity index (χ1n) is 9.27. The number of morpholine rings is 1. The Bertz CT molecular complexity index is 870. The van der Waals surface area contributed by atoms with Gasteiger partial charge < -0.3 is 19.6 Å². The molecule has 156 valence electrons. The van der Waals surface area contributed by atoms with Gasteiger partial charge >= 0.3 is 5.97 Å². The van der Waals surface area contributed by atoms with Crippen LogP contribution in [0.1, 0.15) is 28.3 Å². The van der Waals surface area contributed by atoms with Crippen molar-refractivity contribution < 1.29 is 23.8 Å². The van der Waals surface area contributed by atoms with Gasteiger partial charge in [-0.25, -0.2) is 4.79 Å². The molecule has 3 rings (SSSR count). The number of ether oxygens (including phenoxy) is 1. The molecule has 1 atom stereocenters. The zero-order chi connectivity index (χ0) is 20.8. The molecule has 1 aromatic carbocycles. The molecule has 2 aromatic rings. The molecule has 0 bridgehead atoms. The SMILES string of the molecule is O=C(CCc1ccc(C(=O)O)o1)NC[C@H]1CN(Cc2ccc(Cl)c(Cl)c2)CCO1. The summed E-state index contributed by atoms with van der Waals surface area (Å²) in [7, 11) is 0. The van der Waals surface area contributed by atoms with Gasteiger partial charge in [-0.2, -0.15) is 0 Å². The molecule has 29 heavy (non-hydrogen) atoms. The van der Waals surface area contributed by atoms with E-state index in [-0.39, 0.29) is 24.2 Å². The molecule has 0 aliphatic carbocycles. The topological polar surface area (TPSA) is 92.0 Å². The average Bonchev–Trinajstić information content (AvgIpc) is 3.17. The fraction of sp³-hybridized carbons (Fsp3) is 0.400. The Morgan fingerprint density at radius 1 is 1.21 bits per heavy atom. The van der Waals surface area contributed by atoms with Crippen LogP contribution in [0.15, 0.2) is 34.7 Å². The summed E-state index contributed by atoms with van der Waals surface area (Å²) in [5.74, 6) is -0.915. The van der Waals surface area contributed by atoms with Crippen LogP contribution in [0.2, 0.25) is 10.0 Å². The summed E-state index contributed by atoms with van der Waals surface area (Å²) < 4.78 is 10.9. The number of carboxylic acids is 1. The van der Waals surface area contributed by atoms with Crippen LogP contribution in [0.4, 0.5) is 0 Å². The maximum atomic E-state index is 12.1. The summed E-state index contributed by atoms with van der Waals surface area (Å²) in [6, 6.07) is 8.55. The quantitative estimate of drug-likeness (QED) is 0.654. The lowest BCUT2D eigenvalue weighted by Gasteiger charge is -2.33. The molecule has 7 nitrogen and oxygen atoms in total. The van der Waals surface area contributed by atoms with Gasteiger partial charge in [0.25, 0.3) is 0 Å². The summed E-state index contributed by atoms with van der Waals surface area (Å²) in [5.41, 5.74) is 1.07. The van der Waals surface area contributed by atoms with E-state index in [1.165, 1.54) is 6.07 Å². The predicted octanol–water partition coefficient (Wildman–Crippen LogP) is 3.23. The van der Waals surface area contributed by atoms with Gasteiger partial charge in [0.15, 0.2) is 0 Å². The second-order valence-corrected chi connectivity index (χ2v) is 7.67. The Balaban J connectivity index is 1.40. The normalized spacial score (nSPS) is 17.2. The Hall–Kier alpha value is -2.06. The maximum absolute atomic E-state index is 12.1. The number of carbonyl (C=O) groups excluding carboxylic acids is 1. The number of aryl methyl sites for hydroxylation is 1. The van der Waals surface area contributed by atoms with E-state index < -0.39 is 5.97 Å². The monoisotopic (exact) mass is 440 g/mol. The van der Waals surface area contributed by atoms with E-state index in [0.29, 0.717) is 41.9 Å². The molecular formula is C20H22Cl2N2O5. The van der Waals surface area contributed by atoms with Gasteiger partial charge in [-0.15, -0.1) is 0 Å². The Morgan fingerprint density at radius 3 is 2.76 bits per heavy atom. The first kappa shape index (κ1) is 21.6. The van der Waals surface area contributed by atoms with E-state index in [1.807, 2.05) is 12.1 Å². The summed E-state index contributed by atoms with van der Waals surface area (Å²) in [5, 5.41) is 12.8. The third-order valence-electron chi connectivity index (χ3n) is 4.61. The zero-order valence-electron chi connectivity index (χ0n) is 15.7. The third-order valence-corrected chi connectivity index (χ3v) is 5.35. The van der Waals surface area contributed by atoms with Crippen molar-refractivity contribution in [2.24, 2.45) is 0 Å². The minimum atomic E-state index is -1.12. The summed E-state index contributed by atoms with van der Waals surface area (Å²) >= 11 is 12.0. The van der Waals surface area contributed by atoms with E-state index in [9.17, 15) is 9.59 Å². The highest BCUT2D eigenvalue weighted by atomic mass is 35.5. The van der Waals surface area contributed by atoms with Crippen molar-refractivity contribution >= 4 is 35.1 Å². The van der Waals surface area contributed by atoms with Crippen molar-refractivity contribution in [1.29, 1.82) is 0 Å². The number of halogens is 2. The van der Waals surface area contributed by atoms with Crippen LogP contribution in [0, 0.1) is 0 Å². The fourth-order valence-corrected chi connectivity index (χ4v) is 3.44. The van der Waals surface area contributed by atoms with Crippen molar-refractivity contribution in [1.82, 2.24) is 10.2 Å². The Labute approximate surface area is 178 Å². The number of furan rings is 1. The number of nitrogens with one attached hydrogen (secondary N) is 1. The lowest BCUT2D eigenvalue weighted by atomic mass is 10.2. The number of aromatic carboxylic acids is 1. The molecule has 1 aliphatic heterocycles. The summed E-state index contributed by atoms with van der Waals surface area (Å²) in [6.45, 7) is 3.23. The molecule has 0 radical (unpaired) electrons. The van der Waals surface area contributed by atoms with Crippen LogP contribution in [0.5, 0.6) is 0 Å². The number of carbonyl (C=O) groups is 2. The van der Waals surface area contributed by atoms with Crippen LogP contribution in [-0.4, -0.2) is 54.2 Å². The Kier molecular flexibility index (Phi) is 7.55. The summed E-state index contributed by atoms with van der Waals surface area (Å²) in [6.07, 6.45) is 0.457. The highest BCUT2D eigenvalue weighted by Crippen LogP contribution is 2.23. The van der Waals surface area contributed by atoms with Gasteiger partial charge in [-0.3, -0.25) is 9.69 Å². The minimum Gasteiger partial charge on any atom is -0.475 e. The van der Waals surface area contributed by atoms with E-state index >= 15 is 0 Å². The van der Waals surface area contributed by atoms with Gasteiger partial charge in [0.05, 0.1) is 22.8 Å². The van der Waals surface area contributed by atoms with E-state index in [4.69, 9.17) is 37.5 Å². The second-order valence-electron chi connectivity index (χ2n) is 6.85. The van der Waals surface area contributed by atoms with Crippen LogP contribution < -0.4 is 5.32 Å². The third kappa shape index (κ3) is 6.47. The molecule has 2 N–H and O–H groups in total. The molecule has 1 amide bonds. The number of nitrogens with zero attached hydrogens (tertiary/aromatic N) is 1. The number of benzene rings is 1. The predicted molar refractivity (Wildman–Crippen MR) is 108 cm³/mol. The second kappa shape index (κ2) is 10.1. The molecule has 9 heteroatoms. The highest BCUT2D eigenvalue weighted by Gasteiger charge is 2.21. The lowest BCUT2D eigenvalue weighted by Crippen LogP contribution is -2.47. The zero-order valence-corrected chi connectivity index (χ0v) is 17.2. The van der Waals surface area contributed by atoms with E-state index in [1.54, 1.807) is 12.1 Å². The lowest BCUT2D eigenvalue weighted by molar-refractivity contribution is -0.122. The molecule has 1 fully saturated rings. The van der Waals surface area contributed by atoms with Crippen molar-refractivity contribution in [3.05, 3.63) is 57.5 Å². The minimum absolute atomic E-state index is 0.0994. The number of carboxylic acid groups (broad SMARTS) is 1. The average molecular weight is 441 g/mol. The molecule has 1 saturated heterocycles. The van der Waals surface area contributed by atoms with Gasteiger partial charge in [0.2, 0.25) is 11.7 Å². The van der Waals surface area contributed by atoms with Gasteiger partial charge in [-0.1, -0.05) is 29.3 Å².